The summed E-state index contributed by atoms with van der Waals surface area (Å²) in [5.41, 5.74) is 1.63. The minimum atomic E-state index is -0.305. The van der Waals surface area contributed by atoms with Gasteiger partial charge < -0.3 is 4.52 Å². The van der Waals surface area contributed by atoms with Crippen molar-refractivity contribution in [3.63, 3.8) is 0 Å². The Balaban J connectivity index is 1.49. The van der Waals surface area contributed by atoms with Crippen molar-refractivity contribution in [2.75, 3.05) is 0 Å². The Morgan fingerprint density at radius 3 is 2.81 bits per heavy atom. The molecule has 0 saturated heterocycles. The second-order valence-electron chi connectivity index (χ2n) is 5.37. The molecule has 0 atom stereocenters. The van der Waals surface area contributed by atoms with Gasteiger partial charge in [0.05, 0.1) is 5.75 Å². The fourth-order valence-electron chi connectivity index (χ4n) is 2.38. The van der Waals surface area contributed by atoms with E-state index in [1.807, 2.05) is 35.0 Å². The quantitative estimate of drug-likeness (QED) is 0.451. The minimum Gasteiger partial charge on any atom is -0.338 e. The van der Waals surface area contributed by atoms with E-state index in [9.17, 15) is 4.39 Å². The molecular weight excluding hydrogens is 375 g/mol. The van der Waals surface area contributed by atoms with E-state index < -0.39 is 0 Å². The van der Waals surface area contributed by atoms with Crippen LogP contribution >= 0.6 is 23.4 Å². The number of hydrogen-bond donors (Lipinski definition) is 0. The predicted octanol–water partition coefficient (Wildman–Crippen LogP) is 5.01. The number of aromatic nitrogens is 4. The monoisotopic (exact) mass is 386 g/mol. The van der Waals surface area contributed by atoms with Crippen molar-refractivity contribution >= 4 is 23.4 Å². The molecule has 0 radical (unpaired) electrons. The zero-order chi connectivity index (χ0) is 17.9. The molecule has 0 aliphatic heterocycles. The van der Waals surface area contributed by atoms with E-state index in [0.717, 1.165) is 10.8 Å². The molecule has 26 heavy (non-hydrogen) atoms. The zero-order valence-corrected chi connectivity index (χ0v) is 14.9. The Bertz CT molecular complexity index is 1030. The average Bonchev–Trinajstić information content (AvgIpc) is 3.30. The summed E-state index contributed by atoms with van der Waals surface area (Å²) in [5, 5.41) is 5.39. The van der Waals surface area contributed by atoms with Crippen molar-refractivity contribution in [3.8, 4) is 17.1 Å². The first kappa shape index (κ1) is 16.8. The maximum Gasteiger partial charge on any atom is 0.237 e. The third-order valence-corrected chi connectivity index (χ3v) is 4.78. The molecule has 0 bridgehead atoms. The zero-order valence-electron chi connectivity index (χ0n) is 13.3. The van der Waals surface area contributed by atoms with Crippen molar-refractivity contribution in [2.24, 2.45) is 0 Å². The van der Waals surface area contributed by atoms with Gasteiger partial charge in [0.25, 0.3) is 0 Å². The summed E-state index contributed by atoms with van der Waals surface area (Å²) >= 11 is 7.53. The molecule has 8 heteroatoms. The van der Waals surface area contributed by atoms with Crippen LogP contribution in [0.5, 0.6) is 0 Å². The number of rotatable bonds is 5. The molecule has 0 N–H and O–H groups in total. The highest BCUT2D eigenvalue weighted by Gasteiger charge is 2.12. The van der Waals surface area contributed by atoms with Gasteiger partial charge in [-0.25, -0.2) is 9.37 Å². The van der Waals surface area contributed by atoms with Gasteiger partial charge in [0.15, 0.2) is 5.16 Å². The third-order valence-electron chi connectivity index (χ3n) is 3.59. The van der Waals surface area contributed by atoms with E-state index in [-0.39, 0.29) is 5.82 Å². The first-order valence-electron chi connectivity index (χ1n) is 7.70. The Morgan fingerprint density at radius 1 is 1.15 bits per heavy atom. The summed E-state index contributed by atoms with van der Waals surface area (Å²) in [5.74, 6) is 1.06. The summed E-state index contributed by atoms with van der Waals surface area (Å²) in [4.78, 5) is 8.71. The van der Waals surface area contributed by atoms with E-state index >= 15 is 0 Å². The number of nitrogens with zero attached hydrogens (tertiary/aromatic N) is 4. The normalized spacial score (nSPS) is 11.0. The molecule has 0 spiro atoms. The second kappa shape index (κ2) is 7.31. The molecule has 2 aromatic heterocycles. The third kappa shape index (κ3) is 3.63. The van der Waals surface area contributed by atoms with Crippen LogP contribution in [0.3, 0.4) is 0 Å². The number of benzene rings is 2. The lowest BCUT2D eigenvalue weighted by Crippen LogP contribution is -1.95. The summed E-state index contributed by atoms with van der Waals surface area (Å²) in [6.45, 7) is 0. The van der Waals surface area contributed by atoms with Crippen molar-refractivity contribution in [1.82, 2.24) is 19.7 Å². The van der Waals surface area contributed by atoms with Crippen LogP contribution in [0.1, 0.15) is 5.89 Å². The predicted molar refractivity (Wildman–Crippen MR) is 97.8 cm³/mol. The van der Waals surface area contributed by atoms with E-state index in [2.05, 4.69) is 15.1 Å². The van der Waals surface area contributed by atoms with Crippen molar-refractivity contribution < 1.29 is 8.91 Å². The molecule has 0 fully saturated rings. The lowest BCUT2D eigenvalue weighted by Gasteiger charge is -2.06. The van der Waals surface area contributed by atoms with Crippen LogP contribution in [-0.2, 0) is 5.75 Å². The van der Waals surface area contributed by atoms with Gasteiger partial charge in [-0.15, -0.1) is 0 Å². The van der Waals surface area contributed by atoms with Crippen LogP contribution in [0.2, 0.25) is 5.02 Å². The molecule has 130 valence electrons. The van der Waals surface area contributed by atoms with Gasteiger partial charge in [0.1, 0.15) is 5.82 Å². The Hall–Kier alpha value is -2.64. The van der Waals surface area contributed by atoms with E-state index in [4.69, 9.17) is 16.1 Å². The first-order chi connectivity index (χ1) is 12.7. The fourth-order valence-corrected chi connectivity index (χ4v) is 3.37. The highest BCUT2D eigenvalue weighted by Crippen LogP contribution is 2.26. The Labute approximate surface area is 157 Å². The van der Waals surface area contributed by atoms with E-state index in [1.165, 1.54) is 23.9 Å². The van der Waals surface area contributed by atoms with Gasteiger partial charge in [-0.2, -0.15) is 4.98 Å². The van der Waals surface area contributed by atoms with E-state index in [0.29, 0.717) is 28.1 Å². The molecule has 0 saturated carbocycles. The largest absolute Gasteiger partial charge is 0.338 e. The average molecular weight is 387 g/mol. The second-order valence-corrected chi connectivity index (χ2v) is 6.75. The number of thioether (sulfide) groups is 1. The highest BCUT2D eigenvalue weighted by molar-refractivity contribution is 7.98. The molecule has 0 amide bonds. The maximum atomic E-state index is 13.0. The number of halogens is 2. The maximum absolute atomic E-state index is 13.0. The van der Waals surface area contributed by atoms with Gasteiger partial charge >= 0.3 is 0 Å². The fraction of sp³-hybridized carbons (Fsp3) is 0.0556. The molecule has 4 rings (SSSR count). The Kier molecular flexibility index (Phi) is 4.73. The van der Waals surface area contributed by atoms with Gasteiger partial charge in [0, 0.05) is 28.7 Å². The number of hydrogen-bond acceptors (Lipinski definition) is 5. The minimum absolute atomic E-state index is 0.305. The SMILES string of the molecule is Fc1ccc(-c2noc(CSc3nccn3-c3cccc(Cl)c3)n2)cc1. The molecule has 5 nitrogen and oxygen atoms in total. The molecule has 0 aliphatic carbocycles. The lowest BCUT2D eigenvalue weighted by molar-refractivity contribution is 0.391. The summed E-state index contributed by atoms with van der Waals surface area (Å²) in [6.07, 6.45) is 3.59. The van der Waals surface area contributed by atoms with Gasteiger partial charge in [-0.1, -0.05) is 34.6 Å². The van der Waals surface area contributed by atoms with Crippen LogP contribution in [0, 0.1) is 5.82 Å². The summed E-state index contributed by atoms with van der Waals surface area (Å²) < 4.78 is 20.2. The molecule has 0 aliphatic rings. The lowest BCUT2D eigenvalue weighted by atomic mass is 10.2. The topological polar surface area (TPSA) is 56.7 Å². The van der Waals surface area contributed by atoms with Crippen LogP contribution in [0.4, 0.5) is 4.39 Å². The van der Waals surface area contributed by atoms with Crippen LogP contribution in [0.25, 0.3) is 17.1 Å². The molecular formula is C18H12ClFN4OS. The molecule has 0 unspecified atom stereocenters. The van der Waals surface area contributed by atoms with Gasteiger partial charge in [0.2, 0.25) is 11.7 Å². The van der Waals surface area contributed by atoms with Crippen molar-refractivity contribution in [3.05, 3.63) is 77.7 Å². The van der Waals surface area contributed by atoms with E-state index in [1.54, 1.807) is 18.3 Å². The van der Waals surface area contributed by atoms with Crippen LogP contribution < -0.4 is 0 Å². The van der Waals surface area contributed by atoms with Crippen molar-refractivity contribution in [2.45, 2.75) is 10.9 Å². The molecule has 2 heterocycles. The van der Waals surface area contributed by atoms with Crippen LogP contribution in [-0.4, -0.2) is 19.7 Å². The Morgan fingerprint density at radius 2 is 2.00 bits per heavy atom. The van der Waals surface area contributed by atoms with Gasteiger partial charge in [-0.3, -0.25) is 4.57 Å². The molecule has 2 aromatic carbocycles. The van der Waals surface area contributed by atoms with Gasteiger partial charge in [-0.05, 0) is 42.5 Å². The molecule has 4 aromatic rings. The first-order valence-corrected chi connectivity index (χ1v) is 9.06. The van der Waals surface area contributed by atoms with Crippen molar-refractivity contribution in [1.29, 1.82) is 0 Å². The summed E-state index contributed by atoms with van der Waals surface area (Å²) in [6, 6.07) is 13.5. The van der Waals surface area contributed by atoms with Crippen LogP contribution in [0.15, 0.2) is 70.6 Å². The smallest absolute Gasteiger partial charge is 0.237 e. The summed E-state index contributed by atoms with van der Waals surface area (Å²) in [7, 11) is 0. The standard InChI is InChI=1S/C18H12ClFN4OS/c19-13-2-1-3-15(10-13)24-9-8-21-18(24)26-11-16-22-17(23-25-16)12-4-6-14(20)7-5-12/h1-10H,11H2. The number of imidazole rings is 1. The highest BCUT2D eigenvalue weighted by atomic mass is 35.5.